The number of fused-ring (bicyclic) bond motifs is 1. The molecule has 0 fully saturated rings. The zero-order valence-corrected chi connectivity index (χ0v) is 14.4. The third kappa shape index (κ3) is 3.15. The van der Waals surface area contributed by atoms with E-state index in [2.05, 4.69) is 15.5 Å². The van der Waals surface area contributed by atoms with Gasteiger partial charge in [0.2, 0.25) is 0 Å². The van der Waals surface area contributed by atoms with Gasteiger partial charge in [-0.05, 0) is 49.1 Å². The standard InChI is InChI=1S/C19H19N5O2/c1-23-18(25)12-14-10-15(6-7-17(14)22-23)21-19(26)13-4-2-5-16(11-13)24-9-3-8-20-24/h2-5,8-9,11-12,15H,6-7,10H2,1H3,(H,21,26)/t15-/m0/s1. The van der Waals surface area contributed by atoms with E-state index in [0.717, 1.165) is 29.8 Å². The fourth-order valence-corrected chi connectivity index (χ4v) is 3.29. The number of nitrogens with zero attached hydrogens (tertiary/aromatic N) is 4. The number of benzene rings is 1. The largest absolute Gasteiger partial charge is 0.349 e. The Morgan fingerprint density at radius 2 is 2.15 bits per heavy atom. The molecule has 0 spiro atoms. The van der Waals surface area contributed by atoms with Gasteiger partial charge in [0.25, 0.3) is 11.5 Å². The molecule has 1 amide bonds. The van der Waals surface area contributed by atoms with E-state index in [1.165, 1.54) is 4.68 Å². The zero-order valence-electron chi connectivity index (χ0n) is 14.4. The third-order valence-corrected chi connectivity index (χ3v) is 4.67. The lowest BCUT2D eigenvalue weighted by Gasteiger charge is -2.25. The fraction of sp³-hybridized carbons (Fsp3) is 0.263. The summed E-state index contributed by atoms with van der Waals surface area (Å²) < 4.78 is 3.08. The van der Waals surface area contributed by atoms with E-state index >= 15 is 0 Å². The van der Waals surface area contributed by atoms with Crippen LogP contribution >= 0.6 is 0 Å². The summed E-state index contributed by atoms with van der Waals surface area (Å²) in [6, 6.07) is 10.8. The number of aryl methyl sites for hydroxylation is 2. The van der Waals surface area contributed by atoms with E-state index in [0.29, 0.717) is 12.0 Å². The lowest BCUT2D eigenvalue weighted by atomic mass is 9.92. The molecule has 1 aliphatic carbocycles. The molecule has 26 heavy (non-hydrogen) atoms. The first-order valence-corrected chi connectivity index (χ1v) is 8.57. The predicted molar refractivity (Wildman–Crippen MR) is 96.3 cm³/mol. The number of carbonyl (C=O) groups is 1. The Balaban J connectivity index is 1.50. The molecule has 4 rings (SSSR count). The maximum Gasteiger partial charge on any atom is 0.266 e. The van der Waals surface area contributed by atoms with Crippen LogP contribution in [-0.2, 0) is 19.9 Å². The highest BCUT2D eigenvalue weighted by molar-refractivity contribution is 5.95. The molecule has 132 valence electrons. The van der Waals surface area contributed by atoms with Crippen LogP contribution in [0.2, 0.25) is 0 Å². The van der Waals surface area contributed by atoms with Crippen molar-refractivity contribution in [1.82, 2.24) is 24.9 Å². The van der Waals surface area contributed by atoms with Crippen molar-refractivity contribution >= 4 is 5.91 Å². The van der Waals surface area contributed by atoms with Crippen LogP contribution in [0.15, 0.2) is 53.6 Å². The van der Waals surface area contributed by atoms with Gasteiger partial charge in [-0.1, -0.05) is 6.07 Å². The quantitative estimate of drug-likeness (QED) is 0.772. The Morgan fingerprint density at radius 3 is 2.96 bits per heavy atom. The minimum absolute atomic E-state index is 0.00253. The summed E-state index contributed by atoms with van der Waals surface area (Å²) >= 11 is 0. The molecule has 0 bridgehead atoms. The van der Waals surface area contributed by atoms with Gasteiger partial charge in [0.15, 0.2) is 0 Å². The third-order valence-electron chi connectivity index (χ3n) is 4.67. The summed E-state index contributed by atoms with van der Waals surface area (Å²) in [5.41, 5.74) is 3.17. The Kier molecular flexibility index (Phi) is 4.12. The second-order valence-corrected chi connectivity index (χ2v) is 6.49. The fourth-order valence-electron chi connectivity index (χ4n) is 3.29. The number of hydrogen-bond donors (Lipinski definition) is 1. The predicted octanol–water partition coefficient (Wildman–Crippen LogP) is 1.25. The Hall–Kier alpha value is -3.22. The molecule has 2 aromatic heterocycles. The van der Waals surface area contributed by atoms with Crippen LogP contribution in [0.5, 0.6) is 0 Å². The summed E-state index contributed by atoms with van der Waals surface area (Å²) in [6.45, 7) is 0. The van der Waals surface area contributed by atoms with Gasteiger partial charge in [-0.15, -0.1) is 0 Å². The van der Waals surface area contributed by atoms with Gasteiger partial charge in [0.1, 0.15) is 0 Å². The van der Waals surface area contributed by atoms with Crippen molar-refractivity contribution in [3.63, 3.8) is 0 Å². The lowest BCUT2D eigenvalue weighted by Crippen LogP contribution is -2.40. The first-order chi connectivity index (χ1) is 12.6. The van der Waals surface area contributed by atoms with Crippen LogP contribution < -0.4 is 10.9 Å². The SMILES string of the molecule is Cn1nc2c(cc1=O)C[C@@H](NC(=O)c1cccc(-n3cccn3)c1)CC2. The van der Waals surface area contributed by atoms with Gasteiger partial charge in [-0.2, -0.15) is 10.2 Å². The highest BCUT2D eigenvalue weighted by Crippen LogP contribution is 2.18. The molecule has 7 heteroatoms. The Morgan fingerprint density at radius 1 is 1.27 bits per heavy atom. The highest BCUT2D eigenvalue weighted by Gasteiger charge is 2.22. The van der Waals surface area contributed by atoms with Crippen LogP contribution in [0, 0.1) is 0 Å². The minimum Gasteiger partial charge on any atom is -0.349 e. The summed E-state index contributed by atoms with van der Waals surface area (Å²) in [4.78, 5) is 24.4. The summed E-state index contributed by atoms with van der Waals surface area (Å²) in [6.07, 6.45) is 5.72. The number of carbonyl (C=O) groups excluding carboxylic acids is 1. The number of aromatic nitrogens is 4. The summed E-state index contributed by atoms with van der Waals surface area (Å²) in [7, 11) is 1.66. The number of rotatable bonds is 3. The number of nitrogens with one attached hydrogen (secondary N) is 1. The van der Waals surface area contributed by atoms with Gasteiger partial charge in [0.05, 0.1) is 11.4 Å². The smallest absolute Gasteiger partial charge is 0.266 e. The van der Waals surface area contributed by atoms with Crippen LogP contribution in [0.1, 0.15) is 28.0 Å². The van der Waals surface area contributed by atoms with Crippen molar-refractivity contribution in [2.45, 2.75) is 25.3 Å². The summed E-state index contributed by atoms with van der Waals surface area (Å²) in [5, 5.41) is 11.6. The van der Waals surface area contributed by atoms with Crippen LogP contribution in [0.3, 0.4) is 0 Å². The van der Waals surface area contributed by atoms with E-state index in [4.69, 9.17) is 0 Å². The van der Waals surface area contributed by atoms with Crippen molar-refractivity contribution in [2.75, 3.05) is 0 Å². The molecule has 1 atom stereocenters. The first-order valence-electron chi connectivity index (χ1n) is 8.57. The molecule has 2 heterocycles. The van der Waals surface area contributed by atoms with E-state index in [1.807, 2.05) is 30.5 Å². The van der Waals surface area contributed by atoms with Crippen LogP contribution in [0.25, 0.3) is 5.69 Å². The Bertz CT molecular complexity index is 1010. The molecule has 0 saturated heterocycles. The molecule has 0 radical (unpaired) electrons. The lowest BCUT2D eigenvalue weighted by molar-refractivity contribution is 0.0933. The van der Waals surface area contributed by atoms with Crippen molar-refractivity contribution in [3.8, 4) is 5.69 Å². The topological polar surface area (TPSA) is 81.8 Å². The second kappa shape index (κ2) is 6.59. The monoisotopic (exact) mass is 349 g/mol. The van der Waals surface area contributed by atoms with E-state index in [-0.39, 0.29) is 17.5 Å². The minimum atomic E-state index is -0.123. The van der Waals surface area contributed by atoms with Gasteiger partial charge in [-0.25, -0.2) is 9.36 Å². The second-order valence-electron chi connectivity index (χ2n) is 6.49. The van der Waals surface area contributed by atoms with Crippen molar-refractivity contribution in [3.05, 3.63) is 76.0 Å². The van der Waals surface area contributed by atoms with E-state index in [1.54, 1.807) is 30.1 Å². The van der Waals surface area contributed by atoms with Gasteiger partial charge in [0, 0.05) is 37.1 Å². The zero-order chi connectivity index (χ0) is 18.1. The van der Waals surface area contributed by atoms with Crippen LogP contribution in [-0.4, -0.2) is 31.5 Å². The van der Waals surface area contributed by atoms with E-state index in [9.17, 15) is 9.59 Å². The molecular weight excluding hydrogens is 330 g/mol. The normalized spacial score (nSPS) is 16.1. The first kappa shape index (κ1) is 16.3. The van der Waals surface area contributed by atoms with Gasteiger partial charge < -0.3 is 5.32 Å². The molecule has 0 saturated carbocycles. The van der Waals surface area contributed by atoms with Crippen molar-refractivity contribution < 1.29 is 4.79 Å². The maximum atomic E-state index is 12.6. The van der Waals surface area contributed by atoms with Crippen molar-refractivity contribution in [1.29, 1.82) is 0 Å². The number of amides is 1. The van der Waals surface area contributed by atoms with Gasteiger partial charge in [-0.3, -0.25) is 9.59 Å². The molecule has 7 nitrogen and oxygen atoms in total. The highest BCUT2D eigenvalue weighted by atomic mass is 16.1. The Labute approximate surface area is 150 Å². The maximum absolute atomic E-state index is 12.6. The molecular formula is C19H19N5O2. The summed E-state index contributed by atoms with van der Waals surface area (Å²) in [5.74, 6) is -0.121. The molecule has 1 aliphatic rings. The average molecular weight is 349 g/mol. The molecule has 1 N–H and O–H groups in total. The van der Waals surface area contributed by atoms with E-state index < -0.39 is 0 Å². The molecule has 3 aromatic rings. The number of hydrogen-bond acceptors (Lipinski definition) is 4. The van der Waals surface area contributed by atoms with Gasteiger partial charge >= 0.3 is 0 Å². The molecule has 1 aromatic carbocycles. The average Bonchev–Trinajstić information content (AvgIpc) is 3.18. The molecule has 0 unspecified atom stereocenters. The van der Waals surface area contributed by atoms with Crippen LogP contribution in [0.4, 0.5) is 0 Å². The molecule has 0 aliphatic heterocycles. The van der Waals surface area contributed by atoms with Crippen molar-refractivity contribution in [2.24, 2.45) is 7.05 Å².